The van der Waals surface area contributed by atoms with Crippen molar-refractivity contribution in [1.29, 1.82) is 0 Å². The maximum Gasteiger partial charge on any atom is 0.306 e. The van der Waals surface area contributed by atoms with Crippen LogP contribution in [0.4, 0.5) is 8.78 Å². The molecule has 0 aromatic rings. The first-order chi connectivity index (χ1) is 15.3. The van der Waals surface area contributed by atoms with E-state index in [2.05, 4.69) is 0 Å². The van der Waals surface area contributed by atoms with Crippen molar-refractivity contribution < 1.29 is 38.1 Å². The van der Waals surface area contributed by atoms with Gasteiger partial charge in [0, 0.05) is 29.1 Å². The molecule has 8 heteroatoms. The second-order valence-corrected chi connectivity index (χ2v) is 10.6. The molecule has 0 aromatic heterocycles. The van der Waals surface area contributed by atoms with Crippen LogP contribution in [0.25, 0.3) is 0 Å². The maximum absolute atomic E-state index is 17.2. The summed E-state index contributed by atoms with van der Waals surface area (Å²) in [6, 6.07) is 0. The lowest BCUT2D eigenvalue weighted by molar-refractivity contribution is -0.231. The van der Waals surface area contributed by atoms with Gasteiger partial charge in [-0.1, -0.05) is 26.8 Å². The number of fused-ring (bicyclic) bond motifs is 5. The van der Waals surface area contributed by atoms with Gasteiger partial charge in [-0.2, -0.15) is 0 Å². The highest BCUT2D eigenvalue weighted by Crippen LogP contribution is 2.71. The summed E-state index contributed by atoms with van der Waals surface area (Å²) in [5.74, 6) is -3.89. The molecule has 182 valence electrons. The van der Waals surface area contributed by atoms with Gasteiger partial charge < -0.3 is 14.9 Å². The van der Waals surface area contributed by atoms with Crippen LogP contribution in [-0.4, -0.2) is 57.9 Å². The standard InChI is InChI=1S/C25H32F2O6/c1-5-21(32)33-25(20(31)12-28)13(2)8-15-16-10-18(26)17-9-14(29)6-7-22(17,3)24(16,27)19(30)11-23(15,25)4/h6-7,9,13,15-16,18-19,28,30H,5,8,10-12H2,1-4H3/t13-,15?,16?,18-,19-,22-,23-,24-,25-/m0/s1. The van der Waals surface area contributed by atoms with Crippen LogP contribution in [0.3, 0.4) is 0 Å². The predicted octanol–water partition coefficient (Wildman–Crippen LogP) is 2.80. The van der Waals surface area contributed by atoms with E-state index in [0.29, 0.717) is 0 Å². The van der Waals surface area contributed by atoms with Crippen molar-refractivity contribution in [3.8, 4) is 0 Å². The highest BCUT2D eigenvalue weighted by Gasteiger charge is 2.77. The van der Waals surface area contributed by atoms with Crippen LogP contribution in [0.1, 0.15) is 53.4 Å². The lowest BCUT2D eigenvalue weighted by Gasteiger charge is -2.63. The molecular weight excluding hydrogens is 434 g/mol. The predicted molar refractivity (Wildman–Crippen MR) is 114 cm³/mol. The van der Waals surface area contributed by atoms with E-state index in [4.69, 9.17) is 4.74 Å². The molecule has 0 amide bonds. The monoisotopic (exact) mass is 466 g/mol. The van der Waals surface area contributed by atoms with Crippen molar-refractivity contribution in [2.45, 2.75) is 76.9 Å². The van der Waals surface area contributed by atoms with E-state index < -0.39 is 76.3 Å². The molecule has 33 heavy (non-hydrogen) atoms. The Morgan fingerprint density at radius 3 is 2.52 bits per heavy atom. The van der Waals surface area contributed by atoms with Crippen LogP contribution < -0.4 is 0 Å². The third-order valence-electron chi connectivity index (χ3n) is 9.29. The number of rotatable bonds is 4. The van der Waals surface area contributed by atoms with Gasteiger partial charge in [-0.15, -0.1) is 0 Å². The zero-order chi connectivity index (χ0) is 24.6. The topological polar surface area (TPSA) is 101 Å². The normalized spacial score (nSPS) is 48.4. The molecule has 0 bridgehead atoms. The van der Waals surface area contributed by atoms with Crippen molar-refractivity contribution in [2.75, 3.05) is 6.61 Å². The van der Waals surface area contributed by atoms with Gasteiger partial charge in [-0.25, -0.2) is 8.78 Å². The van der Waals surface area contributed by atoms with Crippen LogP contribution in [0.5, 0.6) is 0 Å². The average Bonchev–Trinajstić information content (AvgIpc) is 2.98. The first-order valence-corrected chi connectivity index (χ1v) is 11.7. The van der Waals surface area contributed by atoms with Gasteiger partial charge in [0.2, 0.25) is 5.78 Å². The molecule has 0 saturated heterocycles. The Balaban J connectivity index is 1.88. The minimum Gasteiger partial charge on any atom is -0.450 e. The number of hydrogen-bond donors (Lipinski definition) is 2. The Hall–Kier alpha value is -1.93. The molecule has 9 atom stereocenters. The molecule has 6 nitrogen and oxygen atoms in total. The number of ketones is 2. The van der Waals surface area contributed by atoms with Gasteiger partial charge in [0.1, 0.15) is 12.8 Å². The van der Waals surface area contributed by atoms with E-state index in [-0.39, 0.29) is 31.3 Å². The number of Topliss-reactive ketones (excluding diaryl/α,β-unsaturated/α-hetero) is 1. The zero-order valence-corrected chi connectivity index (χ0v) is 19.4. The van der Waals surface area contributed by atoms with Gasteiger partial charge >= 0.3 is 5.97 Å². The van der Waals surface area contributed by atoms with E-state index >= 15 is 8.78 Å². The molecule has 0 spiro atoms. The second kappa shape index (κ2) is 7.54. The maximum atomic E-state index is 17.2. The summed E-state index contributed by atoms with van der Waals surface area (Å²) in [5.41, 5.74) is -6.74. The van der Waals surface area contributed by atoms with Crippen LogP contribution in [0.2, 0.25) is 0 Å². The number of aliphatic hydroxyl groups is 2. The van der Waals surface area contributed by atoms with Gasteiger partial charge in [0.25, 0.3) is 0 Å². The molecule has 3 saturated carbocycles. The summed E-state index contributed by atoms with van der Waals surface area (Å²) < 4.78 is 38.4. The number of carbonyl (C=O) groups is 3. The fourth-order valence-corrected chi connectivity index (χ4v) is 7.76. The van der Waals surface area contributed by atoms with Crippen LogP contribution >= 0.6 is 0 Å². The van der Waals surface area contributed by atoms with E-state index in [0.717, 1.165) is 6.08 Å². The minimum atomic E-state index is -2.28. The molecular formula is C25H32F2O6. The lowest BCUT2D eigenvalue weighted by atomic mass is 9.44. The molecule has 4 rings (SSSR count). The first-order valence-electron chi connectivity index (χ1n) is 11.7. The summed E-state index contributed by atoms with van der Waals surface area (Å²) in [6.07, 6.45) is 0.299. The molecule has 0 heterocycles. The summed E-state index contributed by atoms with van der Waals surface area (Å²) in [5, 5.41) is 21.1. The number of ether oxygens (including phenoxy) is 1. The van der Waals surface area contributed by atoms with Gasteiger partial charge in [0.15, 0.2) is 17.1 Å². The number of halogens is 2. The van der Waals surface area contributed by atoms with Crippen molar-refractivity contribution >= 4 is 17.5 Å². The highest BCUT2D eigenvalue weighted by atomic mass is 19.1. The van der Waals surface area contributed by atoms with Crippen molar-refractivity contribution in [3.63, 3.8) is 0 Å². The molecule has 2 N–H and O–H groups in total. The molecule has 0 aromatic carbocycles. The average molecular weight is 467 g/mol. The Morgan fingerprint density at radius 2 is 1.91 bits per heavy atom. The van der Waals surface area contributed by atoms with Crippen LogP contribution in [0, 0.1) is 28.6 Å². The molecule has 0 aliphatic heterocycles. The van der Waals surface area contributed by atoms with E-state index in [1.54, 1.807) is 20.8 Å². The second-order valence-electron chi connectivity index (χ2n) is 10.6. The fraction of sp³-hybridized carbons (Fsp3) is 0.720. The number of allylic oxidation sites excluding steroid dienone is 4. The SMILES string of the molecule is CCC(=O)O[C@]1(C(=O)CO)[C@@H](C)CC2C3C[C@H](F)C4=CC(=O)C=C[C@]4(C)[C@@]3(F)[C@@H](O)C[C@@]21C. The van der Waals surface area contributed by atoms with E-state index in [9.17, 15) is 24.6 Å². The quantitative estimate of drug-likeness (QED) is 0.618. The number of hydrogen-bond acceptors (Lipinski definition) is 6. The number of alkyl halides is 2. The third-order valence-corrected chi connectivity index (χ3v) is 9.29. The summed E-state index contributed by atoms with van der Waals surface area (Å²) >= 11 is 0. The summed E-state index contributed by atoms with van der Waals surface area (Å²) in [6.45, 7) is 5.62. The van der Waals surface area contributed by atoms with Crippen molar-refractivity contribution in [3.05, 3.63) is 23.8 Å². The lowest BCUT2D eigenvalue weighted by Crippen LogP contribution is -2.71. The molecule has 4 aliphatic rings. The van der Waals surface area contributed by atoms with Crippen molar-refractivity contribution in [2.24, 2.45) is 28.6 Å². The van der Waals surface area contributed by atoms with Crippen LogP contribution in [-0.2, 0) is 19.1 Å². The first kappa shape index (κ1) is 24.2. The summed E-state index contributed by atoms with van der Waals surface area (Å²) in [4.78, 5) is 37.5. The molecule has 4 aliphatic carbocycles. The minimum absolute atomic E-state index is 0.00452. The van der Waals surface area contributed by atoms with E-state index in [1.807, 2.05) is 0 Å². The number of esters is 1. The smallest absolute Gasteiger partial charge is 0.306 e. The molecule has 0 radical (unpaired) electrons. The zero-order valence-electron chi connectivity index (χ0n) is 19.4. The Kier molecular flexibility index (Phi) is 5.53. The highest BCUT2D eigenvalue weighted by molar-refractivity contribution is 6.01. The van der Waals surface area contributed by atoms with Crippen molar-refractivity contribution in [1.82, 2.24) is 0 Å². The third kappa shape index (κ3) is 2.80. The molecule has 3 fully saturated rings. The fourth-order valence-electron chi connectivity index (χ4n) is 7.76. The number of carbonyl (C=O) groups excluding carboxylic acids is 3. The molecule has 2 unspecified atom stereocenters. The summed E-state index contributed by atoms with van der Waals surface area (Å²) in [7, 11) is 0. The van der Waals surface area contributed by atoms with Gasteiger partial charge in [-0.05, 0) is 49.8 Å². The van der Waals surface area contributed by atoms with Gasteiger partial charge in [0.05, 0.1) is 6.10 Å². The Morgan fingerprint density at radius 1 is 1.24 bits per heavy atom. The van der Waals surface area contributed by atoms with Gasteiger partial charge in [-0.3, -0.25) is 14.4 Å². The Labute approximate surface area is 192 Å². The Bertz CT molecular complexity index is 961. The number of aliphatic hydroxyl groups excluding tert-OH is 2. The van der Waals surface area contributed by atoms with Crippen LogP contribution in [0.15, 0.2) is 23.8 Å². The largest absolute Gasteiger partial charge is 0.450 e. The van der Waals surface area contributed by atoms with E-state index in [1.165, 1.54) is 19.1 Å².